The van der Waals surface area contributed by atoms with Crippen molar-refractivity contribution in [1.29, 1.82) is 0 Å². The zero-order chi connectivity index (χ0) is 16.3. The van der Waals surface area contributed by atoms with Crippen molar-refractivity contribution >= 4 is 17.5 Å². The predicted molar refractivity (Wildman–Crippen MR) is 89.4 cm³/mol. The van der Waals surface area contributed by atoms with Crippen LogP contribution >= 0.6 is 0 Å². The lowest BCUT2D eigenvalue weighted by atomic mass is 10.1. The fourth-order valence-corrected chi connectivity index (χ4v) is 2.37. The van der Waals surface area contributed by atoms with Gasteiger partial charge in [-0.05, 0) is 51.8 Å². The van der Waals surface area contributed by atoms with E-state index in [0.29, 0.717) is 11.6 Å². The zero-order valence-electron chi connectivity index (χ0n) is 13.7. The summed E-state index contributed by atoms with van der Waals surface area (Å²) in [6, 6.07) is 5.92. The number of hydrogen-bond donors (Lipinski definition) is 2. The van der Waals surface area contributed by atoms with Crippen LogP contribution < -0.4 is 10.6 Å². The van der Waals surface area contributed by atoms with Crippen LogP contribution in [0, 0.1) is 20.8 Å². The van der Waals surface area contributed by atoms with Crippen molar-refractivity contribution < 1.29 is 4.79 Å². The van der Waals surface area contributed by atoms with Gasteiger partial charge in [0.25, 0.3) is 5.91 Å². The molecule has 1 amide bonds. The van der Waals surface area contributed by atoms with Crippen molar-refractivity contribution in [3.05, 3.63) is 46.8 Å². The number of carbonyl (C=O) groups excluding carboxylic acids is 1. The highest BCUT2D eigenvalue weighted by atomic mass is 16.1. The Morgan fingerprint density at radius 3 is 2.36 bits per heavy atom. The quantitative estimate of drug-likeness (QED) is 0.907. The van der Waals surface area contributed by atoms with E-state index >= 15 is 0 Å². The van der Waals surface area contributed by atoms with Gasteiger partial charge < -0.3 is 10.6 Å². The summed E-state index contributed by atoms with van der Waals surface area (Å²) < 4.78 is 0. The summed E-state index contributed by atoms with van der Waals surface area (Å²) in [7, 11) is 0. The summed E-state index contributed by atoms with van der Waals surface area (Å²) in [5.74, 6) is 0.226. The highest BCUT2D eigenvalue weighted by Crippen LogP contribution is 2.22. The molecule has 5 nitrogen and oxygen atoms in total. The molecular weight excluding hydrogens is 276 g/mol. The third-order valence-electron chi connectivity index (χ3n) is 3.22. The molecule has 0 radical (unpaired) electrons. The van der Waals surface area contributed by atoms with Crippen LogP contribution in [0.5, 0.6) is 0 Å². The Kier molecular flexibility index (Phi) is 4.75. The van der Waals surface area contributed by atoms with Crippen molar-refractivity contribution in [3.8, 4) is 0 Å². The lowest BCUT2D eigenvalue weighted by molar-refractivity contribution is 0.102. The van der Waals surface area contributed by atoms with E-state index < -0.39 is 0 Å². The topological polar surface area (TPSA) is 66.9 Å². The molecular formula is C17H22N4O. The minimum atomic E-state index is -0.232. The third-order valence-corrected chi connectivity index (χ3v) is 3.22. The van der Waals surface area contributed by atoms with Crippen molar-refractivity contribution in [3.63, 3.8) is 0 Å². The first-order valence-electron chi connectivity index (χ1n) is 7.35. The second kappa shape index (κ2) is 6.56. The van der Waals surface area contributed by atoms with Gasteiger partial charge in [-0.15, -0.1) is 0 Å². The number of nitrogens with zero attached hydrogens (tertiary/aromatic N) is 2. The van der Waals surface area contributed by atoms with Gasteiger partial charge in [0.05, 0.1) is 0 Å². The molecule has 0 saturated heterocycles. The molecule has 116 valence electrons. The zero-order valence-corrected chi connectivity index (χ0v) is 13.7. The maximum Gasteiger partial charge on any atom is 0.274 e. The molecule has 2 rings (SSSR count). The lowest BCUT2D eigenvalue weighted by Crippen LogP contribution is -2.18. The number of aromatic nitrogens is 2. The van der Waals surface area contributed by atoms with Gasteiger partial charge >= 0.3 is 0 Å². The van der Waals surface area contributed by atoms with Crippen molar-refractivity contribution in [2.45, 2.75) is 40.7 Å². The summed E-state index contributed by atoms with van der Waals surface area (Å²) >= 11 is 0. The fraction of sp³-hybridized carbons (Fsp3) is 0.353. The molecule has 5 heteroatoms. The van der Waals surface area contributed by atoms with Gasteiger partial charge in [0.2, 0.25) is 5.95 Å². The first kappa shape index (κ1) is 15.9. The van der Waals surface area contributed by atoms with E-state index in [-0.39, 0.29) is 11.9 Å². The monoisotopic (exact) mass is 298 g/mol. The molecule has 2 aromatic rings. The number of carbonyl (C=O) groups is 1. The predicted octanol–water partition coefficient (Wildman–Crippen LogP) is 3.47. The summed E-state index contributed by atoms with van der Waals surface area (Å²) in [5, 5.41) is 6.04. The van der Waals surface area contributed by atoms with Crippen LogP contribution in [-0.2, 0) is 0 Å². The van der Waals surface area contributed by atoms with Crippen LogP contribution in [0.25, 0.3) is 0 Å². The highest BCUT2D eigenvalue weighted by Gasteiger charge is 2.12. The van der Waals surface area contributed by atoms with Gasteiger partial charge in [-0.3, -0.25) is 4.79 Å². The van der Waals surface area contributed by atoms with Crippen LogP contribution in [-0.4, -0.2) is 21.9 Å². The minimum Gasteiger partial charge on any atom is -0.352 e. The largest absolute Gasteiger partial charge is 0.352 e. The highest BCUT2D eigenvalue weighted by molar-refractivity contribution is 6.03. The molecule has 0 spiro atoms. The summed E-state index contributed by atoms with van der Waals surface area (Å²) in [6.45, 7) is 10.0. The van der Waals surface area contributed by atoms with E-state index in [1.54, 1.807) is 12.3 Å². The average molecular weight is 298 g/mol. The molecule has 0 saturated carbocycles. The maximum atomic E-state index is 12.4. The molecule has 1 aromatic carbocycles. The van der Waals surface area contributed by atoms with Crippen LogP contribution in [0.3, 0.4) is 0 Å². The number of benzene rings is 1. The van der Waals surface area contributed by atoms with Gasteiger partial charge in [0.15, 0.2) is 0 Å². The summed E-state index contributed by atoms with van der Waals surface area (Å²) in [5.41, 5.74) is 4.45. The number of hydrogen-bond acceptors (Lipinski definition) is 4. The molecule has 22 heavy (non-hydrogen) atoms. The van der Waals surface area contributed by atoms with E-state index in [4.69, 9.17) is 0 Å². The number of amides is 1. The van der Waals surface area contributed by atoms with Crippen LogP contribution in [0.15, 0.2) is 24.4 Å². The number of anilines is 2. The van der Waals surface area contributed by atoms with Gasteiger partial charge in [0.1, 0.15) is 5.69 Å². The van der Waals surface area contributed by atoms with Crippen molar-refractivity contribution in [1.82, 2.24) is 9.97 Å². The number of rotatable bonds is 4. The van der Waals surface area contributed by atoms with E-state index in [2.05, 4.69) is 20.6 Å². The Hall–Kier alpha value is -2.43. The number of nitrogens with one attached hydrogen (secondary N) is 2. The van der Waals surface area contributed by atoms with E-state index in [9.17, 15) is 4.79 Å². The standard InChI is InChI=1S/C17H22N4O/c1-10(2)19-17-18-7-6-14(20-17)16(22)21-15-12(4)8-11(3)9-13(15)5/h6-10H,1-5H3,(H,21,22)(H,18,19,20). The first-order valence-corrected chi connectivity index (χ1v) is 7.35. The summed E-state index contributed by atoms with van der Waals surface area (Å²) in [6.07, 6.45) is 1.58. The van der Waals surface area contributed by atoms with Crippen molar-refractivity contribution in [2.24, 2.45) is 0 Å². The first-order chi connectivity index (χ1) is 10.4. The Balaban J connectivity index is 2.23. The molecule has 0 atom stereocenters. The third kappa shape index (κ3) is 3.81. The molecule has 1 heterocycles. The SMILES string of the molecule is Cc1cc(C)c(NC(=O)c2ccnc(NC(C)C)n2)c(C)c1. The van der Waals surface area contributed by atoms with Crippen LogP contribution in [0.2, 0.25) is 0 Å². The Morgan fingerprint density at radius 1 is 1.14 bits per heavy atom. The Labute approximate surface area is 131 Å². The minimum absolute atomic E-state index is 0.208. The van der Waals surface area contributed by atoms with E-state index in [0.717, 1.165) is 16.8 Å². The van der Waals surface area contributed by atoms with Gasteiger partial charge in [-0.25, -0.2) is 9.97 Å². The molecule has 0 unspecified atom stereocenters. The molecule has 1 aromatic heterocycles. The number of aryl methyl sites for hydroxylation is 3. The molecule has 0 bridgehead atoms. The summed E-state index contributed by atoms with van der Waals surface area (Å²) in [4.78, 5) is 20.8. The van der Waals surface area contributed by atoms with Crippen LogP contribution in [0.4, 0.5) is 11.6 Å². The average Bonchev–Trinajstić information content (AvgIpc) is 2.42. The van der Waals surface area contributed by atoms with Gasteiger partial charge in [0, 0.05) is 17.9 Å². The fourth-order valence-electron chi connectivity index (χ4n) is 2.37. The normalized spacial score (nSPS) is 10.6. The Bertz CT molecular complexity index is 672. The second-order valence-corrected chi connectivity index (χ2v) is 5.79. The lowest BCUT2D eigenvalue weighted by Gasteiger charge is -2.13. The van der Waals surface area contributed by atoms with E-state index in [1.807, 2.05) is 46.8 Å². The van der Waals surface area contributed by atoms with E-state index in [1.165, 1.54) is 5.56 Å². The molecule has 2 N–H and O–H groups in total. The molecule has 0 aliphatic carbocycles. The molecule has 0 aliphatic rings. The van der Waals surface area contributed by atoms with Crippen LogP contribution in [0.1, 0.15) is 41.0 Å². The van der Waals surface area contributed by atoms with Gasteiger partial charge in [-0.2, -0.15) is 0 Å². The second-order valence-electron chi connectivity index (χ2n) is 5.79. The van der Waals surface area contributed by atoms with Crippen molar-refractivity contribution in [2.75, 3.05) is 10.6 Å². The van der Waals surface area contributed by atoms with Gasteiger partial charge in [-0.1, -0.05) is 17.7 Å². The molecule has 0 fully saturated rings. The smallest absolute Gasteiger partial charge is 0.274 e. The maximum absolute atomic E-state index is 12.4. The Morgan fingerprint density at radius 2 is 1.77 bits per heavy atom. The molecule has 0 aliphatic heterocycles.